The second-order valence-corrected chi connectivity index (χ2v) is 7.80. The Bertz CT molecular complexity index is 1080. The highest BCUT2D eigenvalue weighted by atomic mass is 16.6. The summed E-state index contributed by atoms with van der Waals surface area (Å²) >= 11 is 0. The van der Waals surface area contributed by atoms with Crippen LogP contribution in [-0.2, 0) is 0 Å². The molecule has 0 spiro atoms. The molecule has 6 nitrogen and oxygen atoms in total. The lowest BCUT2D eigenvalue weighted by Crippen LogP contribution is -2.37. The summed E-state index contributed by atoms with van der Waals surface area (Å²) in [5.41, 5.74) is 2.17. The third kappa shape index (κ3) is 4.04. The Kier molecular flexibility index (Phi) is 5.77. The molecule has 154 valence electrons. The summed E-state index contributed by atoms with van der Waals surface area (Å²) in [5, 5.41) is 16.5. The van der Waals surface area contributed by atoms with Crippen LogP contribution in [0.4, 0.5) is 5.69 Å². The van der Waals surface area contributed by atoms with Gasteiger partial charge in [0.15, 0.2) is 0 Å². The van der Waals surface area contributed by atoms with Crippen LogP contribution in [0.1, 0.15) is 40.4 Å². The van der Waals surface area contributed by atoms with Gasteiger partial charge in [-0.15, -0.1) is 0 Å². The highest BCUT2D eigenvalue weighted by Gasteiger charge is 2.25. The van der Waals surface area contributed by atoms with Crippen molar-refractivity contribution >= 4 is 22.4 Å². The molecule has 0 unspecified atom stereocenters. The maximum absolute atomic E-state index is 12.8. The number of aryl methyl sites for hydroxylation is 1. The molecule has 4 rings (SSSR count). The molecule has 1 aliphatic heterocycles. The standard InChI is InChI=1S/C24H25N3O3/c1-17-15-19(11-12-22(17)27(29)30)24(28)25-16-23(26-13-4-5-14-26)21-10-6-8-18-7-2-3-9-20(18)21/h2-3,6-12,15,23H,4-5,13-14,16H2,1H3,(H,25,28)/t23-/m1/s1. The SMILES string of the molecule is Cc1cc(C(=O)NC[C@H](c2cccc3ccccc23)N2CCCC2)ccc1[N+](=O)[O-]. The minimum Gasteiger partial charge on any atom is -0.350 e. The van der Waals surface area contributed by atoms with Gasteiger partial charge in [-0.05, 0) is 61.3 Å². The normalized spacial score (nSPS) is 15.2. The second-order valence-electron chi connectivity index (χ2n) is 7.80. The molecule has 1 heterocycles. The van der Waals surface area contributed by atoms with Crippen molar-refractivity contribution < 1.29 is 9.72 Å². The number of nitro benzene ring substituents is 1. The average Bonchev–Trinajstić information content (AvgIpc) is 3.28. The molecule has 1 atom stereocenters. The van der Waals surface area contributed by atoms with Crippen molar-refractivity contribution in [3.05, 3.63) is 87.5 Å². The molecular weight excluding hydrogens is 378 g/mol. The van der Waals surface area contributed by atoms with E-state index in [9.17, 15) is 14.9 Å². The Morgan fingerprint density at radius 3 is 2.57 bits per heavy atom. The molecule has 0 aliphatic carbocycles. The van der Waals surface area contributed by atoms with E-state index in [1.54, 1.807) is 13.0 Å². The lowest BCUT2D eigenvalue weighted by atomic mass is 9.97. The van der Waals surface area contributed by atoms with E-state index in [0.717, 1.165) is 25.9 Å². The topological polar surface area (TPSA) is 75.5 Å². The van der Waals surface area contributed by atoms with E-state index in [0.29, 0.717) is 17.7 Å². The molecule has 3 aromatic carbocycles. The monoisotopic (exact) mass is 403 g/mol. The molecule has 30 heavy (non-hydrogen) atoms. The maximum Gasteiger partial charge on any atom is 0.272 e. The number of hydrogen-bond acceptors (Lipinski definition) is 4. The van der Waals surface area contributed by atoms with Crippen LogP contribution in [0.25, 0.3) is 10.8 Å². The molecule has 1 aliphatic rings. The molecule has 6 heteroatoms. The molecule has 1 fully saturated rings. The number of carbonyl (C=O) groups excluding carboxylic acids is 1. The third-order valence-electron chi connectivity index (χ3n) is 5.88. The quantitative estimate of drug-likeness (QED) is 0.481. The molecular formula is C24H25N3O3. The molecule has 0 bridgehead atoms. The summed E-state index contributed by atoms with van der Waals surface area (Å²) in [7, 11) is 0. The molecule has 0 radical (unpaired) electrons. The van der Waals surface area contributed by atoms with Crippen LogP contribution in [0.15, 0.2) is 60.7 Å². The van der Waals surface area contributed by atoms with E-state index < -0.39 is 4.92 Å². The molecule has 1 saturated heterocycles. The zero-order valence-corrected chi connectivity index (χ0v) is 17.0. The van der Waals surface area contributed by atoms with E-state index in [1.807, 2.05) is 12.1 Å². The van der Waals surface area contributed by atoms with Gasteiger partial charge >= 0.3 is 0 Å². The minimum atomic E-state index is -0.430. The molecule has 0 aromatic heterocycles. The Labute approximate surface area is 175 Å². The lowest BCUT2D eigenvalue weighted by Gasteiger charge is -2.29. The second kappa shape index (κ2) is 8.63. The van der Waals surface area contributed by atoms with Gasteiger partial charge in [0.1, 0.15) is 0 Å². The number of benzene rings is 3. The fourth-order valence-electron chi connectivity index (χ4n) is 4.32. The molecule has 1 amide bonds. The summed E-state index contributed by atoms with van der Waals surface area (Å²) in [6.07, 6.45) is 2.33. The van der Waals surface area contributed by atoms with Gasteiger partial charge in [-0.2, -0.15) is 0 Å². The number of nitrogens with one attached hydrogen (secondary N) is 1. The van der Waals surface area contributed by atoms with Gasteiger partial charge in [0, 0.05) is 23.7 Å². The number of amides is 1. The van der Waals surface area contributed by atoms with Crippen molar-refractivity contribution in [1.29, 1.82) is 0 Å². The smallest absolute Gasteiger partial charge is 0.272 e. The van der Waals surface area contributed by atoms with Crippen LogP contribution in [0, 0.1) is 17.0 Å². The van der Waals surface area contributed by atoms with Gasteiger partial charge < -0.3 is 5.32 Å². The number of fused-ring (bicyclic) bond motifs is 1. The first-order valence-electron chi connectivity index (χ1n) is 10.3. The fraction of sp³-hybridized carbons (Fsp3) is 0.292. The Balaban J connectivity index is 1.58. The predicted octanol–water partition coefficient (Wildman–Crippen LogP) is 4.62. The first-order valence-corrected chi connectivity index (χ1v) is 10.3. The van der Waals surface area contributed by atoms with Crippen LogP contribution in [0.2, 0.25) is 0 Å². The Morgan fingerprint density at radius 1 is 1.10 bits per heavy atom. The van der Waals surface area contributed by atoms with Crippen LogP contribution in [0.5, 0.6) is 0 Å². The summed E-state index contributed by atoms with van der Waals surface area (Å²) in [6.45, 7) is 4.17. The first-order chi connectivity index (χ1) is 14.5. The molecule has 3 aromatic rings. The van der Waals surface area contributed by atoms with Gasteiger partial charge in [-0.3, -0.25) is 19.8 Å². The highest BCUT2D eigenvalue weighted by molar-refractivity contribution is 5.94. The van der Waals surface area contributed by atoms with Crippen LogP contribution < -0.4 is 5.32 Å². The van der Waals surface area contributed by atoms with Gasteiger partial charge in [-0.25, -0.2) is 0 Å². The van der Waals surface area contributed by atoms with Crippen molar-refractivity contribution in [1.82, 2.24) is 10.2 Å². The largest absolute Gasteiger partial charge is 0.350 e. The average molecular weight is 403 g/mol. The highest BCUT2D eigenvalue weighted by Crippen LogP contribution is 2.30. The van der Waals surface area contributed by atoms with E-state index in [-0.39, 0.29) is 17.6 Å². The maximum atomic E-state index is 12.8. The number of hydrogen-bond donors (Lipinski definition) is 1. The zero-order chi connectivity index (χ0) is 21.1. The van der Waals surface area contributed by atoms with Crippen molar-refractivity contribution in [3.63, 3.8) is 0 Å². The fourth-order valence-corrected chi connectivity index (χ4v) is 4.32. The van der Waals surface area contributed by atoms with Gasteiger partial charge in [0.2, 0.25) is 0 Å². The molecule has 1 N–H and O–H groups in total. The predicted molar refractivity (Wildman–Crippen MR) is 118 cm³/mol. The number of nitro groups is 1. The van der Waals surface area contributed by atoms with Crippen LogP contribution >= 0.6 is 0 Å². The lowest BCUT2D eigenvalue weighted by molar-refractivity contribution is -0.385. The van der Waals surface area contributed by atoms with Crippen molar-refractivity contribution in [3.8, 4) is 0 Å². The van der Waals surface area contributed by atoms with Crippen LogP contribution in [0.3, 0.4) is 0 Å². The summed E-state index contributed by atoms with van der Waals surface area (Å²) < 4.78 is 0. The van der Waals surface area contributed by atoms with E-state index >= 15 is 0 Å². The van der Waals surface area contributed by atoms with E-state index in [2.05, 4.69) is 40.5 Å². The Hall–Kier alpha value is -3.25. The Morgan fingerprint density at radius 2 is 1.83 bits per heavy atom. The van der Waals surface area contributed by atoms with Crippen molar-refractivity contribution in [2.24, 2.45) is 0 Å². The van der Waals surface area contributed by atoms with E-state index in [1.165, 1.54) is 28.5 Å². The number of carbonyl (C=O) groups is 1. The first kappa shape index (κ1) is 20.0. The van der Waals surface area contributed by atoms with Crippen LogP contribution in [-0.4, -0.2) is 35.4 Å². The number of likely N-dealkylation sites (tertiary alicyclic amines) is 1. The zero-order valence-electron chi connectivity index (χ0n) is 17.0. The van der Waals surface area contributed by atoms with E-state index in [4.69, 9.17) is 0 Å². The minimum absolute atomic E-state index is 0.0252. The van der Waals surface area contributed by atoms with Crippen molar-refractivity contribution in [2.75, 3.05) is 19.6 Å². The summed E-state index contributed by atoms with van der Waals surface area (Å²) in [6, 6.07) is 19.2. The van der Waals surface area contributed by atoms with Gasteiger partial charge in [0.25, 0.3) is 11.6 Å². The third-order valence-corrected chi connectivity index (χ3v) is 5.88. The number of nitrogens with zero attached hydrogens (tertiary/aromatic N) is 2. The van der Waals surface area contributed by atoms with Gasteiger partial charge in [-0.1, -0.05) is 42.5 Å². The molecule has 0 saturated carbocycles. The van der Waals surface area contributed by atoms with Crippen molar-refractivity contribution in [2.45, 2.75) is 25.8 Å². The summed E-state index contributed by atoms with van der Waals surface area (Å²) in [5.74, 6) is -0.211. The summed E-state index contributed by atoms with van der Waals surface area (Å²) in [4.78, 5) is 25.8. The van der Waals surface area contributed by atoms with Gasteiger partial charge in [0.05, 0.1) is 11.0 Å². The number of rotatable bonds is 6.